The Balaban J connectivity index is 2.21. The molecule has 0 bridgehead atoms. The molecule has 0 heterocycles. The fourth-order valence-electron chi connectivity index (χ4n) is 3.12. The summed E-state index contributed by atoms with van der Waals surface area (Å²) >= 11 is 3.55. The van der Waals surface area contributed by atoms with Crippen molar-refractivity contribution in [3.05, 3.63) is 28.2 Å². The minimum absolute atomic E-state index is 0.0662. The minimum Gasteiger partial charge on any atom is -0.378 e. The molecular formula is C15H23BrN2. The van der Waals surface area contributed by atoms with Crippen LogP contribution in [0.5, 0.6) is 0 Å². The Labute approximate surface area is 118 Å². The molecule has 0 saturated heterocycles. The van der Waals surface area contributed by atoms with Crippen LogP contribution in [-0.2, 0) is 0 Å². The summed E-state index contributed by atoms with van der Waals surface area (Å²) in [6, 6.07) is 6.45. The van der Waals surface area contributed by atoms with Gasteiger partial charge in [0.05, 0.1) is 5.54 Å². The molecule has 18 heavy (non-hydrogen) atoms. The van der Waals surface area contributed by atoms with Crippen LogP contribution in [0.15, 0.2) is 22.7 Å². The van der Waals surface area contributed by atoms with Crippen molar-refractivity contribution in [1.29, 1.82) is 0 Å². The van der Waals surface area contributed by atoms with Gasteiger partial charge in [-0.1, -0.05) is 29.8 Å². The third-order valence-corrected chi connectivity index (χ3v) is 4.40. The van der Waals surface area contributed by atoms with Gasteiger partial charge >= 0.3 is 0 Å². The van der Waals surface area contributed by atoms with Gasteiger partial charge < -0.3 is 11.1 Å². The van der Waals surface area contributed by atoms with E-state index < -0.39 is 0 Å². The van der Waals surface area contributed by atoms with E-state index in [4.69, 9.17) is 5.73 Å². The summed E-state index contributed by atoms with van der Waals surface area (Å²) in [6.07, 6.45) is 3.54. The molecule has 1 saturated carbocycles. The van der Waals surface area contributed by atoms with Crippen molar-refractivity contribution in [2.24, 2.45) is 11.1 Å². The highest BCUT2D eigenvalue weighted by Gasteiger charge is 2.42. The highest BCUT2D eigenvalue weighted by molar-refractivity contribution is 9.10. The second-order valence-electron chi connectivity index (χ2n) is 6.47. The molecule has 1 aliphatic carbocycles. The Morgan fingerprint density at radius 2 is 2.00 bits per heavy atom. The molecule has 1 atom stereocenters. The lowest BCUT2D eigenvalue weighted by atomic mass is 9.87. The molecule has 1 unspecified atom stereocenters. The Morgan fingerprint density at radius 3 is 2.50 bits per heavy atom. The summed E-state index contributed by atoms with van der Waals surface area (Å²) in [6.45, 7) is 7.47. The predicted molar refractivity (Wildman–Crippen MR) is 81.9 cm³/mol. The van der Waals surface area contributed by atoms with E-state index in [-0.39, 0.29) is 5.54 Å². The van der Waals surface area contributed by atoms with Crippen molar-refractivity contribution >= 4 is 21.6 Å². The predicted octanol–water partition coefficient (Wildman–Crippen LogP) is 4.08. The first-order chi connectivity index (χ1) is 8.34. The fourth-order valence-corrected chi connectivity index (χ4v) is 3.72. The van der Waals surface area contributed by atoms with E-state index in [2.05, 4.69) is 60.2 Å². The van der Waals surface area contributed by atoms with E-state index in [0.29, 0.717) is 12.0 Å². The highest BCUT2D eigenvalue weighted by Crippen LogP contribution is 2.44. The largest absolute Gasteiger partial charge is 0.378 e. The van der Waals surface area contributed by atoms with Gasteiger partial charge in [0.2, 0.25) is 0 Å². The molecule has 100 valence electrons. The number of anilines is 1. The lowest BCUT2D eigenvalue weighted by molar-refractivity contribution is 0.351. The number of benzene rings is 1. The molecule has 0 spiro atoms. The van der Waals surface area contributed by atoms with Gasteiger partial charge in [-0.3, -0.25) is 0 Å². The zero-order chi connectivity index (χ0) is 13.4. The molecule has 0 aromatic heterocycles. The van der Waals surface area contributed by atoms with E-state index in [0.717, 1.165) is 17.3 Å². The summed E-state index contributed by atoms with van der Waals surface area (Å²) in [5.41, 5.74) is 8.93. The molecule has 0 aliphatic heterocycles. The number of hydrogen-bond donors (Lipinski definition) is 2. The molecule has 0 radical (unpaired) electrons. The summed E-state index contributed by atoms with van der Waals surface area (Å²) in [5, 5.41) is 3.69. The van der Waals surface area contributed by atoms with E-state index in [1.54, 1.807) is 0 Å². The van der Waals surface area contributed by atoms with E-state index in [9.17, 15) is 0 Å². The molecule has 0 amide bonds. The summed E-state index contributed by atoms with van der Waals surface area (Å²) in [5.74, 6) is 0. The van der Waals surface area contributed by atoms with E-state index in [1.807, 2.05) is 0 Å². The molecule has 1 aliphatic rings. The first-order valence-electron chi connectivity index (χ1n) is 6.60. The zero-order valence-corrected chi connectivity index (χ0v) is 13.1. The van der Waals surface area contributed by atoms with E-state index >= 15 is 0 Å². The van der Waals surface area contributed by atoms with Crippen molar-refractivity contribution in [3.63, 3.8) is 0 Å². The summed E-state index contributed by atoms with van der Waals surface area (Å²) in [7, 11) is 0. The van der Waals surface area contributed by atoms with Crippen LogP contribution in [0.2, 0.25) is 0 Å². The second kappa shape index (κ2) is 4.86. The lowest BCUT2D eigenvalue weighted by Gasteiger charge is -2.32. The second-order valence-corrected chi connectivity index (χ2v) is 7.38. The van der Waals surface area contributed by atoms with Gasteiger partial charge in [-0.15, -0.1) is 0 Å². The number of nitrogens with one attached hydrogen (secondary N) is 1. The molecule has 3 N–H and O–H groups in total. The molecule has 1 aromatic carbocycles. The van der Waals surface area contributed by atoms with Gasteiger partial charge in [0.25, 0.3) is 0 Å². The van der Waals surface area contributed by atoms with Gasteiger partial charge in [0.1, 0.15) is 0 Å². The van der Waals surface area contributed by atoms with Gasteiger partial charge in [0, 0.05) is 16.7 Å². The molecule has 1 fully saturated rings. The molecule has 2 nitrogen and oxygen atoms in total. The van der Waals surface area contributed by atoms with Crippen LogP contribution in [0.1, 0.15) is 38.7 Å². The number of aryl methyl sites for hydroxylation is 1. The van der Waals surface area contributed by atoms with Crippen molar-refractivity contribution in [1.82, 2.24) is 0 Å². The number of hydrogen-bond acceptors (Lipinski definition) is 2. The average Bonchev–Trinajstić information content (AvgIpc) is 2.53. The Kier molecular flexibility index (Phi) is 3.75. The van der Waals surface area contributed by atoms with Crippen LogP contribution in [-0.4, -0.2) is 12.1 Å². The topological polar surface area (TPSA) is 38.0 Å². The van der Waals surface area contributed by atoms with Crippen molar-refractivity contribution in [2.75, 3.05) is 11.9 Å². The third-order valence-electron chi connectivity index (χ3n) is 3.94. The van der Waals surface area contributed by atoms with Crippen LogP contribution < -0.4 is 11.1 Å². The first-order valence-corrected chi connectivity index (χ1v) is 7.39. The highest BCUT2D eigenvalue weighted by atomic mass is 79.9. The Hall–Kier alpha value is -0.540. The van der Waals surface area contributed by atoms with Crippen LogP contribution in [0.25, 0.3) is 0 Å². The Morgan fingerprint density at radius 1 is 1.28 bits per heavy atom. The maximum Gasteiger partial charge on any atom is 0.0501 e. The van der Waals surface area contributed by atoms with Gasteiger partial charge in [0.15, 0.2) is 0 Å². The fraction of sp³-hybridized carbons (Fsp3) is 0.600. The van der Waals surface area contributed by atoms with Crippen molar-refractivity contribution in [2.45, 2.75) is 45.6 Å². The van der Waals surface area contributed by atoms with Crippen molar-refractivity contribution in [3.8, 4) is 0 Å². The maximum absolute atomic E-state index is 6.04. The van der Waals surface area contributed by atoms with Gasteiger partial charge in [-0.05, 0) is 55.4 Å². The van der Waals surface area contributed by atoms with Crippen LogP contribution in [0.4, 0.5) is 5.69 Å². The molecule has 1 aromatic rings. The normalized spacial score (nSPS) is 26.3. The van der Waals surface area contributed by atoms with Crippen LogP contribution in [0, 0.1) is 12.3 Å². The maximum atomic E-state index is 6.04. The summed E-state index contributed by atoms with van der Waals surface area (Å²) < 4.78 is 1.12. The van der Waals surface area contributed by atoms with Gasteiger partial charge in [-0.2, -0.15) is 0 Å². The Bertz CT molecular complexity index is 422. The quantitative estimate of drug-likeness (QED) is 0.883. The van der Waals surface area contributed by atoms with E-state index in [1.165, 1.54) is 17.7 Å². The lowest BCUT2D eigenvalue weighted by Crippen LogP contribution is -2.43. The van der Waals surface area contributed by atoms with Gasteiger partial charge in [-0.25, -0.2) is 0 Å². The summed E-state index contributed by atoms with van der Waals surface area (Å²) in [4.78, 5) is 0. The average molecular weight is 311 g/mol. The molecule has 2 rings (SSSR count). The number of rotatable bonds is 3. The standard InChI is InChI=1S/C15H23BrN2/c1-11-6-12(16)8-13(7-11)18-15(10-17)5-4-14(2,3)9-15/h6-8,18H,4-5,9-10,17H2,1-3H3. The van der Waals surface area contributed by atoms with Crippen LogP contribution >= 0.6 is 15.9 Å². The SMILES string of the molecule is Cc1cc(Br)cc(NC2(CN)CCC(C)(C)C2)c1. The molecule has 3 heteroatoms. The smallest absolute Gasteiger partial charge is 0.0501 e. The number of halogens is 1. The third kappa shape index (κ3) is 3.07. The van der Waals surface area contributed by atoms with Crippen LogP contribution in [0.3, 0.4) is 0 Å². The monoisotopic (exact) mass is 310 g/mol. The molecular weight excluding hydrogens is 288 g/mol. The zero-order valence-electron chi connectivity index (χ0n) is 11.5. The first kappa shape index (κ1) is 13.9. The van der Waals surface area contributed by atoms with Crippen molar-refractivity contribution < 1.29 is 0 Å². The minimum atomic E-state index is 0.0662. The number of nitrogens with two attached hydrogens (primary N) is 1.